The number of sulfonamides is 1. The molecule has 0 unspecified atom stereocenters. The van der Waals surface area contributed by atoms with Crippen LogP contribution in [0.1, 0.15) is 43.0 Å². The largest absolute Gasteiger partial charge is 0.464 e. The molecular formula is C21H22F2N2O5S. The van der Waals surface area contributed by atoms with E-state index in [0.29, 0.717) is 18.9 Å². The lowest BCUT2D eigenvalue weighted by atomic mass is 9.97. The number of ether oxygens (including phenoxy) is 1. The van der Waals surface area contributed by atoms with Crippen LogP contribution in [0.5, 0.6) is 0 Å². The second-order valence-electron chi connectivity index (χ2n) is 7.22. The lowest BCUT2D eigenvalue weighted by Gasteiger charge is -2.27. The van der Waals surface area contributed by atoms with Crippen LogP contribution >= 0.6 is 0 Å². The summed E-state index contributed by atoms with van der Waals surface area (Å²) in [4.78, 5) is 24.6. The molecule has 2 aromatic carbocycles. The Morgan fingerprint density at radius 2 is 1.68 bits per heavy atom. The van der Waals surface area contributed by atoms with E-state index < -0.39 is 44.0 Å². The van der Waals surface area contributed by atoms with Crippen LogP contribution in [-0.2, 0) is 19.6 Å². The van der Waals surface area contributed by atoms with Crippen molar-refractivity contribution in [3.63, 3.8) is 0 Å². The number of rotatable bonds is 7. The van der Waals surface area contributed by atoms with E-state index in [2.05, 4.69) is 10.0 Å². The molecule has 166 valence electrons. The third-order valence-electron chi connectivity index (χ3n) is 5.08. The summed E-state index contributed by atoms with van der Waals surface area (Å²) in [5.41, 5.74) is -0.700. The Morgan fingerprint density at radius 1 is 1.03 bits per heavy atom. The van der Waals surface area contributed by atoms with E-state index in [1.807, 2.05) is 0 Å². The first-order valence-corrected chi connectivity index (χ1v) is 11.2. The summed E-state index contributed by atoms with van der Waals surface area (Å²) in [7, 11) is -4.15. The fourth-order valence-corrected chi connectivity index (χ4v) is 4.54. The predicted molar refractivity (Wildman–Crippen MR) is 109 cm³/mol. The molecule has 10 heteroatoms. The molecule has 0 saturated heterocycles. The van der Waals surface area contributed by atoms with Gasteiger partial charge in [0.2, 0.25) is 0 Å². The SMILES string of the molecule is CCOC(=O)C1(NC(=O)c2ccc(NS(=O)(=O)c3ccc(F)c(F)c3)cc2)CCCC1. The second-order valence-corrected chi connectivity index (χ2v) is 8.90. The van der Waals surface area contributed by atoms with Gasteiger partial charge in [-0.25, -0.2) is 22.0 Å². The summed E-state index contributed by atoms with van der Waals surface area (Å²) in [6.07, 6.45) is 2.57. The van der Waals surface area contributed by atoms with Gasteiger partial charge in [-0.2, -0.15) is 0 Å². The lowest BCUT2D eigenvalue weighted by Crippen LogP contribution is -2.53. The summed E-state index contributed by atoms with van der Waals surface area (Å²) >= 11 is 0. The highest BCUT2D eigenvalue weighted by molar-refractivity contribution is 7.92. The average Bonchev–Trinajstić information content (AvgIpc) is 3.20. The maximum absolute atomic E-state index is 13.3. The van der Waals surface area contributed by atoms with E-state index in [-0.39, 0.29) is 17.9 Å². The molecule has 1 fully saturated rings. The number of hydrogen-bond donors (Lipinski definition) is 2. The molecule has 0 atom stereocenters. The second kappa shape index (κ2) is 9.01. The van der Waals surface area contributed by atoms with E-state index in [0.717, 1.165) is 25.0 Å². The number of hydrogen-bond acceptors (Lipinski definition) is 5. The lowest BCUT2D eigenvalue weighted by molar-refractivity contribution is -0.150. The van der Waals surface area contributed by atoms with Crippen LogP contribution in [-0.4, -0.2) is 32.4 Å². The van der Waals surface area contributed by atoms with Gasteiger partial charge in [-0.15, -0.1) is 0 Å². The summed E-state index contributed by atoms with van der Waals surface area (Å²) in [5, 5.41) is 2.77. The molecule has 3 rings (SSSR count). The Hall–Kier alpha value is -3.01. The summed E-state index contributed by atoms with van der Waals surface area (Å²) in [5.74, 6) is -3.38. The van der Waals surface area contributed by atoms with Gasteiger partial charge in [0.15, 0.2) is 11.6 Å². The van der Waals surface area contributed by atoms with Gasteiger partial charge in [-0.05, 0) is 62.2 Å². The minimum atomic E-state index is -4.15. The average molecular weight is 452 g/mol. The first-order chi connectivity index (χ1) is 14.7. The van der Waals surface area contributed by atoms with Gasteiger partial charge >= 0.3 is 5.97 Å². The minimum Gasteiger partial charge on any atom is -0.464 e. The Kier molecular flexibility index (Phi) is 6.59. The van der Waals surface area contributed by atoms with Crippen molar-refractivity contribution in [1.82, 2.24) is 5.32 Å². The topological polar surface area (TPSA) is 102 Å². The van der Waals surface area contributed by atoms with Crippen LogP contribution in [0.2, 0.25) is 0 Å². The monoisotopic (exact) mass is 452 g/mol. The van der Waals surface area contributed by atoms with Gasteiger partial charge < -0.3 is 10.1 Å². The zero-order chi connectivity index (χ0) is 22.6. The zero-order valence-corrected chi connectivity index (χ0v) is 17.6. The Morgan fingerprint density at radius 3 is 2.26 bits per heavy atom. The Labute approximate surface area is 178 Å². The van der Waals surface area contributed by atoms with Crippen LogP contribution in [0.25, 0.3) is 0 Å². The molecule has 0 radical (unpaired) electrons. The summed E-state index contributed by atoms with van der Waals surface area (Å²) in [6.45, 7) is 1.91. The van der Waals surface area contributed by atoms with Gasteiger partial charge in [0, 0.05) is 11.3 Å². The summed E-state index contributed by atoms with van der Waals surface area (Å²) in [6, 6.07) is 7.75. The van der Waals surface area contributed by atoms with Crippen molar-refractivity contribution in [2.45, 2.75) is 43.0 Å². The highest BCUT2D eigenvalue weighted by Gasteiger charge is 2.43. The van der Waals surface area contributed by atoms with E-state index in [9.17, 15) is 26.8 Å². The van der Waals surface area contributed by atoms with Gasteiger partial charge in [-0.3, -0.25) is 9.52 Å². The van der Waals surface area contributed by atoms with E-state index in [4.69, 9.17) is 4.74 Å². The molecule has 0 aromatic heterocycles. The normalized spacial score (nSPS) is 15.3. The molecule has 0 heterocycles. The zero-order valence-electron chi connectivity index (χ0n) is 16.8. The molecule has 0 aliphatic heterocycles. The molecule has 1 saturated carbocycles. The molecule has 31 heavy (non-hydrogen) atoms. The number of esters is 1. The van der Waals surface area contributed by atoms with Crippen LogP contribution in [0.4, 0.5) is 14.5 Å². The smallest absolute Gasteiger partial charge is 0.331 e. The van der Waals surface area contributed by atoms with Crippen molar-refractivity contribution in [3.05, 3.63) is 59.7 Å². The van der Waals surface area contributed by atoms with Crippen molar-refractivity contribution in [2.24, 2.45) is 0 Å². The molecular weight excluding hydrogens is 430 g/mol. The van der Waals surface area contributed by atoms with Gasteiger partial charge in [-0.1, -0.05) is 12.8 Å². The molecule has 7 nitrogen and oxygen atoms in total. The maximum atomic E-state index is 13.3. The van der Waals surface area contributed by atoms with E-state index >= 15 is 0 Å². The molecule has 1 amide bonds. The van der Waals surface area contributed by atoms with E-state index in [1.165, 1.54) is 24.3 Å². The first kappa shape index (κ1) is 22.7. The number of anilines is 1. The third kappa shape index (κ3) is 5.01. The molecule has 0 spiro atoms. The van der Waals surface area contributed by atoms with Crippen LogP contribution in [0.15, 0.2) is 47.4 Å². The van der Waals surface area contributed by atoms with Crippen LogP contribution in [0.3, 0.4) is 0 Å². The summed E-state index contributed by atoms with van der Waals surface area (Å²) < 4.78 is 58.5. The number of carbonyl (C=O) groups is 2. The highest BCUT2D eigenvalue weighted by Crippen LogP contribution is 2.31. The number of amides is 1. The first-order valence-electron chi connectivity index (χ1n) is 9.74. The molecule has 0 bridgehead atoms. The fraction of sp³-hybridized carbons (Fsp3) is 0.333. The van der Waals surface area contributed by atoms with Crippen molar-refractivity contribution in [1.29, 1.82) is 0 Å². The third-order valence-corrected chi connectivity index (χ3v) is 6.46. The van der Waals surface area contributed by atoms with Gasteiger partial charge in [0.1, 0.15) is 5.54 Å². The van der Waals surface area contributed by atoms with Gasteiger partial charge in [0.25, 0.3) is 15.9 Å². The van der Waals surface area contributed by atoms with Crippen molar-refractivity contribution < 1.29 is 31.5 Å². The molecule has 1 aliphatic carbocycles. The van der Waals surface area contributed by atoms with Crippen LogP contribution in [0, 0.1) is 11.6 Å². The number of nitrogens with one attached hydrogen (secondary N) is 2. The minimum absolute atomic E-state index is 0.127. The van der Waals surface area contributed by atoms with Gasteiger partial charge in [0.05, 0.1) is 11.5 Å². The number of halogens is 2. The standard InChI is InChI=1S/C21H22F2N2O5S/c1-2-30-20(27)21(11-3-4-12-21)24-19(26)14-5-7-15(8-6-14)25-31(28,29)16-9-10-17(22)18(23)13-16/h5-10,13,25H,2-4,11-12H2,1H3,(H,24,26). The molecule has 1 aliphatic rings. The molecule has 2 aromatic rings. The predicted octanol–water partition coefficient (Wildman–Crippen LogP) is 3.37. The van der Waals surface area contributed by atoms with Crippen molar-refractivity contribution in [3.8, 4) is 0 Å². The van der Waals surface area contributed by atoms with Crippen molar-refractivity contribution >= 4 is 27.6 Å². The molecule has 2 N–H and O–H groups in total. The van der Waals surface area contributed by atoms with Crippen molar-refractivity contribution in [2.75, 3.05) is 11.3 Å². The fourth-order valence-electron chi connectivity index (χ4n) is 3.47. The highest BCUT2D eigenvalue weighted by atomic mass is 32.2. The Bertz CT molecular complexity index is 1080. The number of benzene rings is 2. The van der Waals surface area contributed by atoms with Crippen LogP contribution < -0.4 is 10.0 Å². The number of carbonyl (C=O) groups excluding carboxylic acids is 2. The quantitative estimate of drug-likeness (QED) is 0.628. The maximum Gasteiger partial charge on any atom is 0.331 e. The Balaban J connectivity index is 1.72. The van der Waals surface area contributed by atoms with E-state index in [1.54, 1.807) is 6.92 Å².